The average molecular weight is 325 g/mol. The smallest absolute Gasteiger partial charge is 0.234 e. The Hall–Kier alpha value is -2.19. The van der Waals surface area contributed by atoms with Crippen LogP contribution in [0.25, 0.3) is 0 Å². The molecule has 0 saturated heterocycles. The van der Waals surface area contributed by atoms with Gasteiger partial charge >= 0.3 is 0 Å². The van der Waals surface area contributed by atoms with Crippen molar-refractivity contribution in [1.29, 1.82) is 0 Å². The van der Waals surface area contributed by atoms with Gasteiger partial charge < -0.3 is 22.5 Å². The van der Waals surface area contributed by atoms with Crippen LogP contribution in [0.4, 0.5) is 23.0 Å². The Kier molecular flexibility index (Phi) is 4.71. The minimum absolute atomic E-state index is 0.101. The maximum Gasteiger partial charge on any atom is 0.234 e. The van der Waals surface area contributed by atoms with Gasteiger partial charge in [0, 0.05) is 11.8 Å². The second-order valence-electron chi connectivity index (χ2n) is 4.08. The number of nitrogens with two attached hydrogens (primary N) is 3. The van der Waals surface area contributed by atoms with Crippen LogP contribution in [-0.4, -0.2) is 21.6 Å². The molecule has 1 aromatic carbocycles. The first-order valence-electron chi connectivity index (χ1n) is 5.82. The number of carbonyl (C=O) groups is 1. The van der Waals surface area contributed by atoms with Crippen LogP contribution in [0.2, 0.25) is 5.02 Å². The zero-order chi connectivity index (χ0) is 15.4. The Morgan fingerprint density at radius 1 is 1.19 bits per heavy atom. The summed E-state index contributed by atoms with van der Waals surface area (Å²) in [6, 6.07) is 6.29. The lowest BCUT2D eigenvalue weighted by Gasteiger charge is -2.07. The van der Waals surface area contributed by atoms with E-state index in [-0.39, 0.29) is 23.3 Å². The maximum absolute atomic E-state index is 11.9. The highest BCUT2D eigenvalue weighted by atomic mass is 35.5. The Balaban J connectivity index is 1.95. The number of thioether (sulfide) groups is 1. The summed E-state index contributed by atoms with van der Waals surface area (Å²) in [6.07, 6.45) is 0. The first-order chi connectivity index (χ1) is 9.94. The van der Waals surface area contributed by atoms with Gasteiger partial charge in [0.05, 0.1) is 16.5 Å². The van der Waals surface area contributed by atoms with E-state index in [1.165, 1.54) is 6.07 Å². The fraction of sp³-hybridized carbons (Fsp3) is 0.0833. The monoisotopic (exact) mass is 324 g/mol. The van der Waals surface area contributed by atoms with Gasteiger partial charge in [-0.2, -0.15) is 0 Å². The molecular formula is C12H13ClN6OS. The number of anilines is 4. The molecular weight excluding hydrogens is 312 g/mol. The summed E-state index contributed by atoms with van der Waals surface area (Å²) < 4.78 is 0. The maximum atomic E-state index is 11.9. The molecule has 7 N–H and O–H groups in total. The van der Waals surface area contributed by atoms with Crippen molar-refractivity contribution in [1.82, 2.24) is 9.97 Å². The molecule has 0 atom stereocenters. The van der Waals surface area contributed by atoms with E-state index in [0.29, 0.717) is 21.6 Å². The van der Waals surface area contributed by atoms with Crippen molar-refractivity contribution in [3.05, 3.63) is 29.3 Å². The zero-order valence-corrected chi connectivity index (χ0v) is 12.4. The van der Waals surface area contributed by atoms with E-state index in [0.717, 1.165) is 11.8 Å². The second-order valence-corrected chi connectivity index (χ2v) is 5.43. The van der Waals surface area contributed by atoms with E-state index in [9.17, 15) is 4.79 Å². The molecule has 0 fully saturated rings. The predicted molar refractivity (Wildman–Crippen MR) is 86.1 cm³/mol. The van der Waals surface area contributed by atoms with Gasteiger partial charge in [0.15, 0.2) is 5.16 Å². The van der Waals surface area contributed by atoms with Gasteiger partial charge in [-0.25, -0.2) is 9.97 Å². The number of amides is 1. The molecule has 0 unspecified atom stereocenters. The standard InChI is InChI=1S/C12H13ClN6OS/c13-7-3-6(14)1-2-8(7)17-11(20)5-21-12-18-9(15)4-10(16)19-12/h1-4H,5,14H2,(H,17,20)(H4,15,16,18,19). The molecule has 0 radical (unpaired) electrons. The highest BCUT2D eigenvalue weighted by Crippen LogP contribution is 2.24. The van der Waals surface area contributed by atoms with Crippen molar-refractivity contribution in [2.45, 2.75) is 5.16 Å². The summed E-state index contributed by atoms with van der Waals surface area (Å²) in [7, 11) is 0. The van der Waals surface area contributed by atoms with Gasteiger partial charge in [0.2, 0.25) is 5.91 Å². The summed E-state index contributed by atoms with van der Waals surface area (Å²) in [5.74, 6) is 0.360. The summed E-state index contributed by atoms with van der Waals surface area (Å²) in [5, 5.41) is 3.38. The highest BCUT2D eigenvalue weighted by Gasteiger charge is 2.09. The number of halogens is 1. The molecule has 0 saturated carbocycles. The molecule has 2 aromatic rings. The number of hydrogen-bond acceptors (Lipinski definition) is 7. The molecule has 110 valence electrons. The van der Waals surface area contributed by atoms with E-state index in [4.69, 9.17) is 28.8 Å². The minimum atomic E-state index is -0.253. The number of aromatic nitrogens is 2. The lowest BCUT2D eigenvalue weighted by atomic mass is 10.3. The Morgan fingerprint density at radius 2 is 1.86 bits per heavy atom. The van der Waals surface area contributed by atoms with E-state index in [1.807, 2.05) is 0 Å². The Bertz CT molecular complexity index is 661. The van der Waals surface area contributed by atoms with Gasteiger partial charge in [-0.05, 0) is 18.2 Å². The molecule has 0 spiro atoms. The summed E-state index contributed by atoms with van der Waals surface area (Å²) in [6.45, 7) is 0. The average Bonchev–Trinajstić information content (AvgIpc) is 2.39. The van der Waals surface area contributed by atoms with Gasteiger partial charge in [-0.1, -0.05) is 23.4 Å². The first-order valence-corrected chi connectivity index (χ1v) is 7.18. The normalized spacial score (nSPS) is 10.3. The number of nitrogens with one attached hydrogen (secondary N) is 1. The molecule has 7 nitrogen and oxygen atoms in total. The molecule has 0 bridgehead atoms. The van der Waals surface area contributed by atoms with Crippen LogP contribution in [0, 0.1) is 0 Å². The highest BCUT2D eigenvalue weighted by molar-refractivity contribution is 7.99. The predicted octanol–water partition coefficient (Wildman–Crippen LogP) is 1.61. The van der Waals surface area contributed by atoms with Gasteiger partial charge in [-0.15, -0.1) is 0 Å². The van der Waals surface area contributed by atoms with Crippen LogP contribution in [0.1, 0.15) is 0 Å². The number of rotatable bonds is 4. The van der Waals surface area contributed by atoms with E-state index in [2.05, 4.69) is 15.3 Å². The third kappa shape index (κ3) is 4.40. The molecule has 1 heterocycles. The molecule has 9 heteroatoms. The summed E-state index contributed by atoms with van der Waals surface area (Å²) in [5.41, 5.74) is 17.7. The van der Waals surface area contributed by atoms with Crippen LogP contribution in [-0.2, 0) is 4.79 Å². The lowest BCUT2D eigenvalue weighted by Crippen LogP contribution is -2.15. The summed E-state index contributed by atoms with van der Waals surface area (Å²) >= 11 is 7.10. The van der Waals surface area contributed by atoms with Crippen LogP contribution < -0.4 is 22.5 Å². The number of carbonyl (C=O) groups excluding carboxylic acids is 1. The van der Waals surface area contributed by atoms with Crippen LogP contribution in [0.3, 0.4) is 0 Å². The largest absolute Gasteiger partial charge is 0.399 e. The van der Waals surface area contributed by atoms with E-state index >= 15 is 0 Å². The van der Waals surface area contributed by atoms with Crippen molar-refractivity contribution in [3.63, 3.8) is 0 Å². The molecule has 1 aromatic heterocycles. The SMILES string of the molecule is Nc1ccc(NC(=O)CSc2nc(N)cc(N)n2)c(Cl)c1. The number of hydrogen-bond donors (Lipinski definition) is 4. The fourth-order valence-electron chi connectivity index (χ4n) is 1.48. The molecule has 21 heavy (non-hydrogen) atoms. The van der Waals surface area contributed by atoms with Crippen LogP contribution in [0.15, 0.2) is 29.4 Å². The van der Waals surface area contributed by atoms with Gasteiger partial charge in [0.1, 0.15) is 11.6 Å². The van der Waals surface area contributed by atoms with Gasteiger partial charge in [0.25, 0.3) is 0 Å². The minimum Gasteiger partial charge on any atom is -0.399 e. The molecule has 0 aliphatic carbocycles. The summed E-state index contributed by atoms with van der Waals surface area (Å²) in [4.78, 5) is 19.8. The molecule has 0 aliphatic heterocycles. The first kappa shape index (κ1) is 15.2. The number of nitrogens with zero attached hydrogens (tertiary/aromatic N) is 2. The lowest BCUT2D eigenvalue weighted by molar-refractivity contribution is -0.113. The second kappa shape index (κ2) is 6.51. The van der Waals surface area contributed by atoms with Crippen molar-refractivity contribution < 1.29 is 4.79 Å². The fourth-order valence-corrected chi connectivity index (χ4v) is 2.38. The van der Waals surface area contributed by atoms with Crippen LogP contribution in [0.5, 0.6) is 0 Å². The Labute approximate surface area is 130 Å². The zero-order valence-electron chi connectivity index (χ0n) is 10.8. The van der Waals surface area contributed by atoms with E-state index < -0.39 is 0 Å². The molecule has 1 amide bonds. The topological polar surface area (TPSA) is 133 Å². The third-order valence-corrected chi connectivity index (χ3v) is 3.50. The van der Waals surface area contributed by atoms with Gasteiger partial charge in [-0.3, -0.25) is 4.79 Å². The number of nitrogen functional groups attached to an aromatic ring is 3. The van der Waals surface area contributed by atoms with E-state index in [1.54, 1.807) is 18.2 Å². The number of benzene rings is 1. The molecule has 2 rings (SSSR count). The van der Waals surface area contributed by atoms with Crippen molar-refractivity contribution >= 4 is 52.3 Å². The van der Waals surface area contributed by atoms with Crippen molar-refractivity contribution in [3.8, 4) is 0 Å². The van der Waals surface area contributed by atoms with Crippen molar-refractivity contribution in [2.24, 2.45) is 0 Å². The Morgan fingerprint density at radius 3 is 2.48 bits per heavy atom. The molecule has 0 aliphatic rings. The van der Waals surface area contributed by atoms with Crippen LogP contribution >= 0.6 is 23.4 Å². The third-order valence-electron chi connectivity index (χ3n) is 2.34. The quantitative estimate of drug-likeness (QED) is 0.381. The van der Waals surface area contributed by atoms with Crippen molar-refractivity contribution in [2.75, 3.05) is 28.3 Å².